The van der Waals surface area contributed by atoms with Crippen LogP contribution in [0.15, 0.2) is 35.9 Å². The molecule has 0 saturated heterocycles. The van der Waals surface area contributed by atoms with E-state index in [0.717, 1.165) is 24.8 Å². The van der Waals surface area contributed by atoms with Gasteiger partial charge in [-0.2, -0.15) is 0 Å². The zero-order valence-corrected chi connectivity index (χ0v) is 10.6. The van der Waals surface area contributed by atoms with Gasteiger partial charge in [-0.3, -0.25) is 0 Å². The minimum absolute atomic E-state index is 0.640. The molecule has 0 spiro atoms. The van der Waals surface area contributed by atoms with Gasteiger partial charge in [-0.05, 0) is 58.7 Å². The monoisotopic (exact) mass is 250 g/mol. The van der Waals surface area contributed by atoms with Crippen LogP contribution in [-0.2, 0) is 17.6 Å². The molecule has 2 aliphatic carbocycles. The summed E-state index contributed by atoms with van der Waals surface area (Å²) in [5.41, 5.74) is 5.69. The van der Waals surface area contributed by atoms with Crippen molar-refractivity contribution >= 4 is 22.3 Å². The van der Waals surface area contributed by atoms with Crippen LogP contribution in [0, 0.1) is 0 Å². The van der Waals surface area contributed by atoms with Crippen molar-refractivity contribution in [2.24, 2.45) is 0 Å². The Hall–Kier alpha value is -2.09. The lowest BCUT2D eigenvalue weighted by molar-refractivity contribution is -0.132. The quantitative estimate of drug-likeness (QED) is 0.840. The third-order valence-corrected chi connectivity index (χ3v) is 4.43. The Kier molecular flexibility index (Phi) is 2.10. The van der Waals surface area contributed by atoms with Gasteiger partial charge >= 0.3 is 5.97 Å². The minimum atomic E-state index is -0.735. The molecule has 0 aliphatic heterocycles. The first-order chi connectivity index (χ1) is 9.25. The summed E-state index contributed by atoms with van der Waals surface area (Å²) >= 11 is 0. The van der Waals surface area contributed by atoms with Crippen molar-refractivity contribution in [2.75, 3.05) is 0 Å². The van der Waals surface area contributed by atoms with Gasteiger partial charge in [0.1, 0.15) is 0 Å². The number of rotatable bonds is 1. The molecule has 0 unspecified atom stereocenters. The Bertz CT molecular complexity index is 753. The fourth-order valence-corrected chi connectivity index (χ4v) is 3.64. The van der Waals surface area contributed by atoms with Gasteiger partial charge in [0, 0.05) is 5.57 Å². The SMILES string of the molecule is O=C(O)C1=C2CCc3cc4ccccc4c(c32)CC1. The van der Waals surface area contributed by atoms with Crippen LogP contribution in [-0.4, -0.2) is 11.1 Å². The number of hydrogen-bond acceptors (Lipinski definition) is 1. The van der Waals surface area contributed by atoms with Crippen molar-refractivity contribution in [2.45, 2.75) is 25.7 Å². The number of benzene rings is 2. The van der Waals surface area contributed by atoms with E-state index in [1.165, 1.54) is 27.5 Å². The first kappa shape index (κ1) is 10.8. The fourth-order valence-electron chi connectivity index (χ4n) is 3.64. The van der Waals surface area contributed by atoms with Crippen molar-refractivity contribution in [3.63, 3.8) is 0 Å². The number of aryl methyl sites for hydroxylation is 2. The highest BCUT2D eigenvalue weighted by molar-refractivity contribution is 6.02. The van der Waals surface area contributed by atoms with Crippen LogP contribution in [0.5, 0.6) is 0 Å². The highest BCUT2D eigenvalue weighted by Crippen LogP contribution is 2.44. The molecule has 2 aromatic carbocycles. The molecule has 2 nitrogen and oxygen atoms in total. The van der Waals surface area contributed by atoms with E-state index in [9.17, 15) is 9.90 Å². The Balaban J connectivity index is 2.11. The summed E-state index contributed by atoms with van der Waals surface area (Å²) in [5, 5.41) is 11.9. The molecule has 0 aromatic heterocycles. The topological polar surface area (TPSA) is 37.3 Å². The van der Waals surface area contributed by atoms with Crippen LogP contribution in [0.4, 0.5) is 0 Å². The molecule has 0 fully saturated rings. The Morgan fingerprint density at radius 3 is 2.74 bits per heavy atom. The molecule has 2 aromatic rings. The molecule has 94 valence electrons. The van der Waals surface area contributed by atoms with Crippen molar-refractivity contribution in [1.29, 1.82) is 0 Å². The third-order valence-electron chi connectivity index (χ3n) is 4.43. The molecular formula is C17H14O2. The van der Waals surface area contributed by atoms with Crippen LogP contribution < -0.4 is 0 Å². The molecule has 2 aliphatic rings. The number of fused-ring (bicyclic) bond motifs is 2. The molecule has 1 N–H and O–H groups in total. The maximum Gasteiger partial charge on any atom is 0.331 e. The molecule has 0 heterocycles. The molecule has 0 atom stereocenters. The van der Waals surface area contributed by atoms with Crippen molar-refractivity contribution in [1.82, 2.24) is 0 Å². The summed E-state index contributed by atoms with van der Waals surface area (Å²) in [4.78, 5) is 11.4. The van der Waals surface area contributed by atoms with E-state index in [4.69, 9.17) is 0 Å². The van der Waals surface area contributed by atoms with Gasteiger partial charge in [0.05, 0.1) is 0 Å². The van der Waals surface area contributed by atoms with Gasteiger partial charge in [0.2, 0.25) is 0 Å². The first-order valence-electron chi connectivity index (χ1n) is 6.75. The van der Waals surface area contributed by atoms with E-state index in [2.05, 4.69) is 30.3 Å². The Morgan fingerprint density at radius 2 is 1.89 bits per heavy atom. The number of allylic oxidation sites excluding steroid dienone is 1. The van der Waals surface area contributed by atoms with Crippen LogP contribution >= 0.6 is 0 Å². The van der Waals surface area contributed by atoms with Gasteiger partial charge < -0.3 is 5.11 Å². The van der Waals surface area contributed by atoms with Gasteiger partial charge in [-0.25, -0.2) is 4.79 Å². The van der Waals surface area contributed by atoms with E-state index >= 15 is 0 Å². The van der Waals surface area contributed by atoms with E-state index in [1.54, 1.807) is 0 Å². The van der Waals surface area contributed by atoms with Crippen molar-refractivity contribution < 1.29 is 9.90 Å². The molecule has 0 radical (unpaired) electrons. The summed E-state index contributed by atoms with van der Waals surface area (Å²) < 4.78 is 0. The lowest BCUT2D eigenvalue weighted by atomic mass is 9.83. The van der Waals surface area contributed by atoms with E-state index in [1.807, 2.05) is 0 Å². The maximum absolute atomic E-state index is 11.4. The largest absolute Gasteiger partial charge is 0.478 e. The predicted molar refractivity (Wildman–Crippen MR) is 75.1 cm³/mol. The second-order valence-corrected chi connectivity index (χ2v) is 5.37. The van der Waals surface area contributed by atoms with Crippen LogP contribution in [0.1, 0.15) is 29.5 Å². The van der Waals surface area contributed by atoms with Crippen molar-refractivity contribution in [3.05, 3.63) is 52.6 Å². The predicted octanol–water partition coefficient (Wildman–Crippen LogP) is 3.57. The van der Waals surface area contributed by atoms with Crippen molar-refractivity contribution in [3.8, 4) is 0 Å². The van der Waals surface area contributed by atoms with Gasteiger partial charge in [-0.15, -0.1) is 0 Å². The zero-order chi connectivity index (χ0) is 13.0. The number of hydrogen-bond donors (Lipinski definition) is 1. The van der Waals surface area contributed by atoms with Crippen LogP contribution in [0.2, 0.25) is 0 Å². The first-order valence-corrected chi connectivity index (χ1v) is 6.75. The van der Waals surface area contributed by atoms with E-state index in [0.29, 0.717) is 12.0 Å². The van der Waals surface area contributed by atoms with E-state index in [-0.39, 0.29) is 0 Å². The summed E-state index contributed by atoms with van der Waals surface area (Å²) in [5.74, 6) is -0.735. The minimum Gasteiger partial charge on any atom is -0.478 e. The van der Waals surface area contributed by atoms with Gasteiger partial charge in [0.25, 0.3) is 0 Å². The number of carboxylic acids is 1. The maximum atomic E-state index is 11.4. The molecule has 0 saturated carbocycles. The second kappa shape index (κ2) is 3.70. The summed E-state index contributed by atoms with van der Waals surface area (Å²) in [6, 6.07) is 10.7. The highest BCUT2D eigenvalue weighted by Gasteiger charge is 2.30. The summed E-state index contributed by atoms with van der Waals surface area (Å²) in [6.45, 7) is 0. The third kappa shape index (κ3) is 1.40. The molecule has 0 amide bonds. The number of carboxylic acid groups (broad SMARTS) is 1. The van der Waals surface area contributed by atoms with Crippen LogP contribution in [0.25, 0.3) is 16.3 Å². The van der Waals surface area contributed by atoms with E-state index < -0.39 is 5.97 Å². The fraction of sp³-hybridized carbons (Fsp3) is 0.235. The second-order valence-electron chi connectivity index (χ2n) is 5.37. The smallest absolute Gasteiger partial charge is 0.331 e. The molecule has 19 heavy (non-hydrogen) atoms. The molecule has 0 bridgehead atoms. The lowest BCUT2D eigenvalue weighted by Crippen LogP contribution is -2.11. The lowest BCUT2D eigenvalue weighted by Gasteiger charge is -2.20. The van der Waals surface area contributed by atoms with Crippen LogP contribution in [0.3, 0.4) is 0 Å². The number of carbonyl (C=O) groups is 1. The molecular weight excluding hydrogens is 236 g/mol. The van der Waals surface area contributed by atoms with Gasteiger partial charge in [-0.1, -0.05) is 30.3 Å². The Labute approximate surface area is 111 Å². The molecule has 2 heteroatoms. The molecule has 4 rings (SSSR count). The standard InChI is InChI=1S/C17H14O2/c18-17(19)15-8-7-13-12-4-2-1-3-10(12)9-11-5-6-14(15)16(11)13/h1-4,9H,5-8H2,(H,18,19). The average molecular weight is 250 g/mol. The van der Waals surface area contributed by atoms with Gasteiger partial charge in [0.15, 0.2) is 0 Å². The normalized spacial score (nSPS) is 16.8. The number of aliphatic carboxylic acids is 1. The highest BCUT2D eigenvalue weighted by atomic mass is 16.4. The Morgan fingerprint density at radius 1 is 1.05 bits per heavy atom. The average Bonchev–Trinajstić information content (AvgIpc) is 2.84. The summed E-state index contributed by atoms with van der Waals surface area (Å²) in [7, 11) is 0. The zero-order valence-electron chi connectivity index (χ0n) is 10.6. The summed E-state index contributed by atoms with van der Waals surface area (Å²) in [6.07, 6.45) is 3.40.